The number of aromatic nitrogens is 1. The third-order valence-corrected chi connectivity index (χ3v) is 4.86. The number of alkyl halides is 2. The second-order valence-electron chi connectivity index (χ2n) is 4.58. The third-order valence-electron chi connectivity index (χ3n) is 2.99. The standard InChI is InChI=1S/C12H14ClF2N3O2S/c13-10-7(14)4-9(21-10)11(19)17-6-3-8(15)12(20)18(5-6)2-1-16/h3,5,7,9-10H,1-2,4,16H2,(H,17,19). The van der Waals surface area contributed by atoms with E-state index in [0.29, 0.717) is 0 Å². The van der Waals surface area contributed by atoms with Crippen molar-refractivity contribution in [3.63, 3.8) is 0 Å². The summed E-state index contributed by atoms with van der Waals surface area (Å²) in [4.78, 5) is 23.5. The number of nitrogens with zero attached hydrogens (tertiary/aromatic N) is 1. The van der Waals surface area contributed by atoms with Crippen LogP contribution in [0.25, 0.3) is 0 Å². The fraction of sp³-hybridized carbons (Fsp3) is 0.500. The van der Waals surface area contributed by atoms with Crippen LogP contribution in [-0.2, 0) is 11.3 Å². The summed E-state index contributed by atoms with van der Waals surface area (Å²) in [7, 11) is 0. The summed E-state index contributed by atoms with van der Waals surface area (Å²) in [5.74, 6) is -1.46. The molecular formula is C12H14ClF2N3O2S. The summed E-state index contributed by atoms with van der Waals surface area (Å²) < 4.78 is 27.1. The highest BCUT2D eigenvalue weighted by Gasteiger charge is 2.37. The van der Waals surface area contributed by atoms with Gasteiger partial charge in [-0.2, -0.15) is 0 Å². The lowest BCUT2D eigenvalue weighted by Gasteiger charge is -2.12. The molecule has 3 unspecified atom stereocenters. The van der Waals surface area contributed by atoms with Gasteiger partial charge in [0.25, 0.3) is 5.56 Å². The number of amides is 1. The van der Waals surface area contributed by atoms with Gasteiger partial charge in [-0.05, 0) is 0 Å². The minimum absolute atomic E-state index is 0.00951. The van der Waals surface area contributed by atoms with Crippen LogP contribution in [0.15, 0.2) is 17.1 Å². The number of carbonyl (C=O) groups is 1. The molecule has 1 saturated heterocycles. The number of anilines is 1. The molecular weight excluding hydrogens is 324 g/mol. The summed E-state index contributed by atoms with van der Waals surface area (Å²) in [6.07, 6.45) is 0.0617. The van der Waals surface area contributed by atoms with Crippen molar-refractivity contribution in [1.82, 2.24) is 4.57 Å². The van der Waals surface area contributed by atoms with Crippen molar-refractivity contribution >= 4 is 35.0 Å². The molecule has 1 aliphatic heterocycles. The lowest BCUT2D eigenvalue weighted by atomic mass is 10.2. The Morgan fingerprint density at radius 3 is 2.90 bits per heavy atom. The summed E-state index contributed by atoms with van der Waals surface area (Å²) >= 11 is 6.72. The van der Waals surface area contributed by atoms with Gasteiger partial charge in [-0.15, -0.1) is 23.4 Å². The van der Waals surface area contributed by atoms with Crippen LogP contribution in [0.4, 0.5) is 14.5 Å². The third kappa shape index (κ3) is 3.75. The number of rotatable bonds is 4. The lowest BCUT2D eigenvalue weighted by Crippen LogP contribution is -2.28. The topological polar surface area (TPSA) is 77.1 Å². The van der Waals surface area contributed by atoms with E-state index >= 15 is 0 Å². The molecule has 1 aromatic rings. The largest absolute Gasteiger partial charge is 0.329 e. The van der Waals surface area contributed by atoms with Crippen molar-refractivity contribution in [1.29, 1.82) is 0 Å². The Balaban J connectivity index is 2.12. The predicted molar refractivity (Wildman–Crippen MR) is 78.9 cm³/mol. The van der Waals surface area contributed by atoms with E-state index in [2.05, 4.69) is 5.32 Å². The first-order valence-electron chi connectivity index (χ1n) is 6.27. The predicted octanol–water partition coefficient (Wildman–Crippen LogP) is 1.29. The summed E-state index contributed by atoms with van der Waals surface area (Å²) in [5, 5.41) is 1.83. The van der Waals surface area contributed by atoms with Gasteiger partial charge in [0.15, 0.2) is 5.82 Å². The molecule has 0 saturated carbocycles. The zero-order valence-electron chi connectivity index (χ0n) is 10.9. The Hall–Kier alpha value is -1.12. The number of pyridine rings is 1. The molecule has 116 valence electrons. The smallest absolute Gasteiger partial charge is 0.286 e. The van der Waals surface area contributed by atoms with E-state index in [-0.39, 0.29) is 25.2 Å². The van der Waals surface area contributed by atoms with Crippen LogP contribution in [0.1, 0.15) is 6.42 Å². The van der Waals surface area contributed by atoms with Gasteiger partial charge < -0.3 is 15.6 Å². The van der Waals surface area contributed by atoms with Crippen molar-refractivity contribution in [2.24, 2.45) is 5.73 Å². The monoisotopic (exact) mass is 337 g/mol. The van der Waals surface area contributed by atoms with E-state index in [4.69, 9.17) is 17.3 Å². The van der Waals surface area contributed by atoms with Crippen LogP contribution in [-0.4, -0.2) is 33.1 Å². The minimum Gasteiger partial charge on any atom is -0.329 e. The molecule has 21 heavy (non-hydrogen) atoms. The minimum atomic E-state index is -1.25. The van der Waals surface area contributed by atoms with E-state index in [9.17, 15) is 18.4 Å². The van der Waals surface area contributed by atoms with Gasteiger partial charge >= 0.3 is 0 Å². The van der Waals surface area contributed by atoms with Gasteiger partial charge in [0.1, 0.15) is 10.9 Å². The molecule has 2 rings (SSSR count). The molecule has 5 nitrogen and oxygen atoms in total. The van der Waals surface area contributed by atoms with Gasteiger partial charge in [0.2, 0.25) is 5.91 Å². The zero-order valence-corrected chi connectivity index (χ0v) is 12.5. The maximum atomic E-state index is 13.5. The van der Waals surface area contributed by atoms with E-state index in [0.717, 1.165) is 22.4 Å². The van der Waals surface area contributed by atoms with Crippen molar-refractivity contribution in [3.05, 3.63) is 28.4 Å². The van der Waals surface area contributed by atoms with E-state index < -0.39 is 33.4 Å². The summed E-state index contributed by atoms with van der Waals surface area (Å²) in [5.41, 5.74) is 4.65. The molecule has 1 amide bonds. The molecule has 0 aliphatic carbocycles. The average Bonchev–Trinajstić information content (AvgIpc) is 2.76. The van der Waals surface area contributed by atoms with Crippen LogP contribution >= 0.6 is 23.4 Å². The van der Waals surface area contributed by atoms with Gasteiger partial charge in [-0.25, -0.2) is 8.78 Å². The fourth-order valence-electron chi connectivity index (χ4n) is 1.97. The summed E-state index contributed by atoms with van der Waals surface area (Å²) in [6.45, 7) is 0.292. The second kappa shape index (κ2) is 6.76. The Morgan fingerprint density at radius 2 is 2.33 bits per heavy atom. The fourth-order valence-corrected chi connectivity index (χ4v) is 3.52. The normalized spacial score (nSPS) is 25.0. The van der Waals surface area contributed by atoms with Gasteiger partial charge in [0.05, 0.1) is 10.9 Å². The molecule has 0 spiro atoms. The molecule has 3 N–H and O–H groups in total. The van der Waals surface area contributed by atoms with E-state index in [1.165, 1.54) is 6.20 Å². The SMILES string of the molecule is NCCn1cc(NC(=O)C2CC(F)C(Cl)S2)cc(F)c1=O. The molecule has 0 aromatic carbocycles. The second-order valence-corrected chi connectivity index (χ2v) is 6.66. The highest BCUT2D eigenvalue weighted by atomic mass is 35.5. The number of hydrogen-bond acceptors (Lipinski definition) is 4. The molecule has 9 heteroatoms. The van der Waals surface area contributed by atoms with Crippen molar-refractivity contribution < 1.29 is 13.6 Å². The molecule has 2 heterocycles. The van der Waals surface area contributed by atoms with Gasteiger partial charge in [-0.1, -0.05) is 0 Å². The first-order chi connectivity index (χ1) is 9.92. The number of halogens is 3. The van der Waals surface area contributed by atoms with Crippen LogP contribution in [0, 0.1) is 5.82 Å². The molecule has 3 atom stereocenters. The maximum absolute atomic E-state index is 13.5. The Bertz CT molecular complexity index is 588. The number of nitrogens with two attached hydrogens (primary N) is 1. The number of carbonyl (C=O) groups excluding carboxylic acids is 1. The molecule has 0 radical (unpaired) electrons. The van der Waals surface area contributed by atoms with Crippen LogP contribution < -0.4 is 16.6 Å². The van der Waals surface area contributed by atoms with Crippen molar-refractivity contribution in [2.75, 3.05) is 11.9 Å². The summed E-state index contributed by atoms with van der Waals surface area (Å²) in [6, 6.07) is 0.929. The quantitative estimate of drug-likeness (QED) is 0.812. The highest BCUT2D eigenvalue weighted by Crippen LogP contribution is 2.38. The Labute approximate surface area is 128 Å². The van der Waals surface area contributed by atoms with Gasteiger partial charge in [0, 0.05) is 31.8 Å². The highest BCUT2D eigenvalue weighted by molar-refractivity contribution is 8.02. The van der Waals surface area contributed by atoms with Crippen molar-refractivity contribution in [2.45, 2.75) is 29.1 Å². The molecule has 0 bridgehead atoms. The maximum Gasteiger partial charge on any atom is 0.286 e. The van der Waals surface area contributed by atoms with Crippen LogP contribution in [0.3, 0.4) is 0 Å². The van der Waals surface area contributed by atoms with E-state index in [1.54, 1.807) is 0 Å². The molecule has 1 aromatic heterocycles. The van der Waals surface area contributed by atoms with Crippen LogP contribution in [0.5, 0.6) is 0 Å². The Morgan fingerprint density at radius 1 is 1.62 bits per heavy atom. The van der Waals surface area contributed by atoms with Crippen LogP contribution in [0.2, 0.25) is 0 Å². The van der Waals surface area contributed by atoms with Gasteiger partial charge in [-0.3, -0.25) is 9.59 Å². The first-order valence-corrected chi connectivity index (χ1v) is 7.65. The number of hydrogen-bond donors (Lipinski definition) is 2. The molecule has 1 fully saturated rings. The lowest BCUT2D eigenvalue weighted by molar-refractivity contribution is -0.115. The van der Waals surface area contributed by atoms with E-state index in [1.807, 2.05) is 0 Å². The number of nitrogens with one attached hydrogen (secondary N) is 1. The molecule has 1 aliphatic rings. The number of thioether (sulfide) groups is 1. The average molecular weight is 338 g/mol. The van der Waals surface area contributed by atoms with Crippen molar-refractivity contribution in [3.8, 4) is 0 Å². The zero-order chi connectivity index (χ0) is 15.6. The first kappa shape index (κ1) is 16.3. The Kier molecular flexibility index (Phi) is 5.23.